The normalized spacial score (nSPS) is 50.2. The number of aliphatic hydroxyl groups excluding tert-OH is 3. The van der Waals surface area contributed by atoms with E-state index < -0.39 is 18.3 Å². The molecule has 0 spiro atoms. The Balaban J connectivity index is 2.18. The van der Waals surface area contributed by atoms with Gasteiger partial charge in [0.05, 0.1) is 12.2 Å². The van der Waals surface area contributed by atoms with E-state index in [0.717, 1.165) is 0 Å². The monoisotopic (exact) mass is 185 g/mol. The second kappa shape index (κ2) is 3.38. The summed E-state index contributed by atoms with van der Waals surface area (Å²) in [5.74, 6) is 0. The van der Waals surface area contributed by atoms with Crippen LogP contribution in [0.3, 0.4) is 0 Å². The van der Waals surface area contributed by atoms with Gasteiger partial charge in [-0.2, -0.15) is 0 Å². The lowest BCUT2D eigenvalue weighted by Crippen LogP contribution is -2.63. The Morgan fingerprint density at radius 1 is 0.846 bits per heavy atom. The minimum Gasteiger partial charge on any atom is -0.389 e. The second-order valence-electron chi connectivity index (χ2n) is 3.79. The van der Waals surface area contributed by atoms with Crippen molar-refractivity contribution in [1.29, 1.82) is 0 Å². The minimum absolute atomic E-state index is 0.123. The average molecular weight is 185 g/mol. The Morgan fingerprint density at radius 3 is 1.77 bits per heavy atom. The third-order valence-electron chi connectivity index (χ3n) is 2.90. The summed E-state index contributed by atoms with van der Waals surface area (Å²) >= 11 is 0. The molecule has 4 heteroatoms. The maximum absolute atomic E-state index is 9.58. The van der Waals surface area contributed by atoms with E-state index in [-0.39, 0.29) is 12.1 Å². The molecular weight excluding hydrogens is 170 g/mol. The molecule has 0 amide bonds. The highest BCUT2D eigenvalue weighted by atomic mass is 16.4. The lowest BCUT2D eigenvalue weighted by Gasteiger charge is -2.40. The lowest BCUT2D eigenvalue weighted by molar-refractivity contribution is -0.111. The highest BCUT2D eigenvalue weighted by Crippen LogP contribution is 2.22. The van der Waals surface area contributed by atoms with Crippen molar-refractivity contribution in [2.24, 2.45) is 0 Å². The summed E-state index contributed by atoms with van der Waals surface area (Å²) in [5.41, 5.74) is 0. The van der Waals surface area contributed by atoms with Crippen LogP contribution in [0.15, 0.2) is 12.2 Å². The fraction of sp³-hybridized carbons (Fsp3) is 0.778. The molecule has 0 radical (unpaired) electrons. The summed E-state index contributed by atoms with van der Waals surface area (Å²) in [6, 6.07) is -0.246. The van der Waals surface area contributed by atoms with Crippen LogP contribution < -0.4 is 5.32 Å². The largest absolute Gasteiger partial charge is 0.389 e. The SMILES string of the molecule is OC1[C@@H](O)[C@H]2CC=CC[C@H](N2)[C@H]1O. The van der Waals surface area contributed by atoms with E-state index in [9.17, 15) is 15.3 Å². The first kappa shape index (κ1) is 9.15. The molecule has 0 aromatic carbocycles. The molecule has 2 aliphatic rings. The summed E-state index contributed by atoms with van der Waals surface area (Å²) in [5, 5.41) is 31.8. The van der Waals surface area contributed by atoms with Gasteiger partial charge in [-0.05, 0) is 12.8 Å². The van der Waals surface area contributed by atoms with E-state index in [1.807, 2.05) is 12.2 Å². The molecule has 74 valence electrons. The number of fused-ring (bicyclic) bond motifs is 2. The molecule has 2 aliphatic heterocycles. The zero-order valence-corrected chi connectivity index (χ0v) is 7.30. The Morgan fingerprint density at radius 2 is 1.31 bits per heavy atom. The van der Waals surface area contributed by atoms with Crippen molar-refractivity contribution < 1.29 is 15.3 Å². The van der Waals surface area contributed by atoms with Crippen molar-refractivity contribution in [2.75, 3.05) is 0 Å². The topological polar surface area (TPSA) is 72.7 Å². The fourth-order valence-electron chi connectivity index (χ4n) is 2.05. The third-order valence-corrected chi connectivity index (χ3v) is 2.90. The molecule has 2 bridgehead atoms. The molecule has 1 saturated heterocycles. The van der Waals surface area contributed by atoms with Crippen LogP contribution in [0.4, 0.5) is 0 Å². The van der Waals surface area contributed by atoms with Crippen molar-refractivity contribution in [3.8, 4) is 0 Å². The van der Waals surface area contributed by atoms with Crippen molar-refractivity contribution in [1.82, 2.24) is 5.32 Å². The van der Waals surface area contributed by atoms with Gasteiger partial charge in [0.1, 0.15) is 6.10 Å². The van der Waals surface area contributed by atoms with Crippen LogP contribution in [0.25, 0.3) is 0 Å². The van der Waals surface area contributed by atoms with E-state index in [4.69, 9.17) is 0 Å². The molecule has 0 aromatic heterocycles. The average Bonchev–Trinajstić information content (AvgIpc) is 2.36. The number of aliphatic hydroxyl groups is 3. The Kier molecular flexibility index (Phi) is 2.38. The number of piperidine rings is 1. The van der Waals surface area contributed by atoms with E-state index in [1.54, 1.807) is 0 Å². The number of rotatable bonds is 0. The summed E-state index contributed by atoms with van der Waals surface area (Å²) in [7, 11) is 0. The van der Waals surface area contributed by atoms with Gasteiger partial charge in [0, 0.05) is 12.1 Å². The summed E-state index contributed by atoms with van der Waals surface area (Å²) < 4.78 is 0. The first-order valence-electron chi connectivity index (χ1n) is 4.65. The van der Waals surface area contributed by atoms with Crippen LogP contribution in [0.2, 0.25) is 0 Å². The smallest absolute Gasteiger partial charge is 0.109 e. The molecule has 5 atom stereocenters. The van der Waals surface area contributed by atoms with Gasteiger partial charge in [0.15, 0.2) is 0 Å². The Bertz CT molecular complexity index is 199. The first-order chi connectivity index (χ1) is 6.20. The van der Waals surface area contributed by atoms with Crippen LogP contribution >= 0.6 is 0 Å². The van der Waals surface area contributed by atoms with E-state index in [2.05, 4.69) is 5.32 Å². The second-order valence-corrected chi connectivity index (χ2v) is 3.79. The molecule has 1 fully saturated rings. The molecule has 2 rings (SSSR count). The number of nitrogens with one attached hydrogen (secondary N) is 1. The third kappa shape index (κ3) is 1.50. The van der Waals surface area contributed by atoms with Gasteiger partial charge >= 0.3 is 0 Å². The van der Waals surface area contributed by atoms with Crippen molar-refractivity contribution >= 4 is 0 Å². The standard InChI is InChI=1S/C9H15NO3/c11-7-5-3-1-2-4-6(10-5)8(12)9(7)13/h1-2,5-13H,3-4H2/t5-,6+,7+,8-,9?. The zero-order chi connectivity index (χ0) is 9.42. The van der Waals surface area contributed by atoms with Crippen LogP contribution in [-0.2, 0) is 0 Å². The van der Waals surface area contributed by atoms with Crippen LogP contribution in [0.1, 0.15) is 12.8 Å². The van der Waals surface area contributed by atoms with Gasteiger partial charge < -0.3 is 20.6 Å². The predicted molar refractivity (Wildman–Crippen MR) is 47.1 cm³/mol. The van der Waals surface area contributed by atoms with Gasteiger partial charge in [-0.3, -0.25) is 0 Å². The van der Waals surface area contributed by atoms with Gasteiger partial charge in [0.2, 0.25) is 0 Å². The molecule has 1 unspecified atom stereocenters. The number of hydrogen-bond donors (Lipinski definition) is 4. The highest BCUT2D eigenvalue weighted by molar-refractivity contribution is 5.06. The maximum atomic E-state index is 9.58. The van der Waals surface area contributed by atoms with Crippen LogP contribution in [0, 0.1) is 0 Å². The van der Waals surface area contributed by atoms with Crippen LogP contribution in [-0.4, -0.2) is 45.7 Å². The zero-order valence-electron chi connectivity index (χ0n) is 7.30. The molecule has 13 heavy (non-hydrogen) atoms. The molecule has 0 aliphatic carbocycles. The molecule has 4 nitrogen and oxygen atoms in total. The summed E-state index contributed by atoms with van der Waals surface area (Å²) in [4.78, 5) is 0. The molecule has 4 N–H and O–H groups in total. The van der Waals surface area contributed by atoms with Gasteiger partial charge in [0.25, 0.3) is 0 Å². The Hall–Kier alpha value is -0.420. The van der Waals surface area contributed by atoms with E-state index in [0.29, 0.717) is 12.8 Å². The predicted octanol–water partition coefficient (Wildman–Crippen LogP) is -1.24. The first-order valence-corrected chi connectivity index (χ1v) is 4.65. The summed E-state index contributed by atoms with van der Waals surface area (Å²) in [6.45, 7) is 0. The summed E-state index contributed by atoms with van der Waals surface area (Å²) in [6.07, 6.45) is 2.62. The molecule has 2 heterocycles. The van der Waals surface area contributed by atoms with Gasteiger partial charge in [-0.1, -0.05) is 12.2 Å². The lowest BCUT2D eigenvalue weighted by atomic mass is 9.89. The van der Waals surface area contributed by atoms with E-state index >= 15 is 0 Å². The quantitative estimate of drug-likeness (QED) is 0.356. The van der Waals surface area contributed by atoms with Crippen molar-refractivity contribution in [3.05, 3.63) is 12.2 Å². The minimum atomic E-state index is -1.02. The molecular formula is C9H15NO3. The van der Waals surface area contributed by atoms with Crippen molar-refractivity contribution in [2.45, 2.75) is 43.2 Å². The van der Waals surface area contributed by atoms with Gasteiger partial charge in [-0.15, -0.1) is 0 Å². The highest BCUT2D eigenvalue weighted by Gasteiger charge is 2.41. The van der Waals surface area contributed by atoms with Crippen molar-refractivity contribution in [3.63, 3.8) is 0 Å². The maximum Gasteiger partial charge on any atom is 0.109 e. The molecule has 0 saturated carbocycles. The van der Waals surface area contributed by atoms with E-state index in [1.165, 1.54) is 0 Å². The Labute approximate surface area is 76.9 Å². The molecule has 0 aromatic rings. The van der Waals surface area contributed by atoms with Gasteiger partial charge in [-0.25, -0.2) is 0 Å². The number of hydrogen-bond acceptors (Lipinski definition) is 4. The fourth-order valence-corrected chi connectivity index (χ4v) is 2.05. The van der Waals surface area contributed by atoms with Crippen LogP contribution in [0.5, 0.6) is 0 Å².